The van der Waals surface area contributed by atoms with Crippen LogP contribution in [0.15, 0.2) is 36.8 Å². The summed E-state index contributed by atoms with van der Waals surface area (Å²) in [4.78, 5) is 21.6. The molecule has 2 fully saturated rings. The second kappa shape index (κ2) is 6.34. The van der Waals surface area contributed by atoms with Gasteiger partial charge in [-0.3, -0.25) is 0 Å². The highest BCUT2D eigenvalue weighted by atomic mass is 16.5. The molecule has 1 aliphatic carbocycles. The molecule has 1 N–H and O–H groups in total. The maximum atomic E-state index is 5.33. The highest BCUT2D eigenvalue weighted by Crippen LogP contribution is 2.59. The number of aromatic nitrogens is 4. The molecule has 1 aliphatic heterocycles. The van der Waals surface area contributed by atoms with Crippen LogP contribution in [0.25, 0.3) is 11.0 Å². The summed E-state index contributed by atoms with van der Waals surface area (Å²) in [6, 6.07) is 8.53. The van der Waals surface area contributed by atoms with Gasteiger partial charge in [0.25, 0.3) is 0 Å². The number of methoxy groups -OCH3 is 1. The fraction of sp³-hybridized carbons (Fsp3) is 0.500. The Morgan fingerprint density at radius 2 is 1.90 bits per heavy atom. The van der Waals surface area contributed by atoms with E-state index in [2.05, 4.69) is 62.8 Å². The van der Waals surface area contributed by atoms with Crippen LogP contribution >= 0.6 is 0 Å². The van der Waals surface area contributed by atoms with Gasteiger partial charge in [-0.25, -0.2) is 9.97 Å². The molecule has 1 saturated heterocycles. The normalized spacial score (nSPS) is 28.7. The summed E-state index contributed by atoms with van der Waals surface area (Å²) in [7, 11) is 3.84. The predicted molar refractivity (Wildman–Crippen MR) is 115 cm³/mol. The zero-order valence-corrected chi connectivity index (χ0v) is 17.5. The molecule has 0 bridgehead atoms. The quantitative estimate of drug-likeness (QED) is 0.733. The standard InChI is InChI=1S/C22H28N6O/c1-21-10-15(27(3)20-16-8-9-23-19(16)24-14-25-20)11-22(21,2)13-28(12-21)17-6-5-7-18(26-17)29-4/h5-9,14-15H,10-13H2,1-4H3,(H,23,24,25)/t15?,21-,22+. The van der Waals surface area contributed by atoms with E-state index in [9.17, 15) is 0 Å². The van der Waals surface area contributed by atoms with Crippen LogP contribution in [0.2, 0.25) is 0 Å². The van der Waals surface area contributed by atoms with Crippen molar-refractivity contribution in [3.05, 3.63) is 36.8 Å². The number of nitrogens with zero attached hydrogens (tertiary/aromatic N) is 5. The van der Waals surface area contributed by atoms with Gasteiger partial charge in [0.1, 0.15) is 23.6 Å². The average Bonchev–Trinajstić information content (AvgIpc) is 3.36. The van der Waals surface area contributed by atoms with Gasteiger partial charge >= 0.3 is 0 Å². The summed E-state index contributed by atoms with van der Waals surface area (Å²) >= 11 is 0. The van der Waals surface area contributed by atoms with E-state index in [0.29, 0.717) is 11.9 Å². The van der Waals surface area contributed by atoms with Crippen LogP contribution in [0.5, 0.6) is 5.88 Å². The molecule has 29 heavy (non-hydrogen) atoms. The summed E-state index contributed by atoms with van der Waals surface area (Å²) in [5.74, 6) is 2.70. The molecule has 0 radical (unpaired) electrons. The summed E-state index contributed by atoms with van der Waals surface area (Å²) < 4.78 is 5.33. The Morgan fingerprint density at radius 3 is 2.62 bits per heavy atom. The fourth-order valence-corrected chi connectivity index (χ4v) is 5.46. The van der Waals surface area contributed by atoms with E-state index in [1.807, 2.05) is 18.3 Å². The second-order valence-corrected chi connectivity index (χ2v) is 9.13. The average molecular weight is 393 g/mol. The van der Waals surface area contributed by atoms with Crippen molar-refractivity contribution in [3.8, 4) is 5.88 Å². The number of fused-ring (bicyclic) bond motifs is 2. The van der Waals surface area contributed by atoms with Gasteiger partial charge in [0.05, 0.1) is 12.5 Å². The number of H-pyrrole nitrogens is 1. The summed E-state index contributed by atoms with van der Waals surface area (Å²) in [5, 5.41) is 1.09. The summed E-state index contributed by atoms with van der Waals surface area (Å²) in [6.45, 7) is 6.90. The van der Waals surface area contributed by atoms with E-state index in [-0.39, 0.29) is 10.8 Å². The van der Waals surface area contributed by atoms with Gasteiger partial charge < -0.3 is 19.5 Å². The van der Waals surface area contributed by atoms with Gasteiger partial charge in [-0.15, -0.1) is 0 Å². The zero-order valence-electron chi connectivity index (χ0n) is 17.5. The van der Waals surface area contributed by atoms with Crippen molar-refractivity contribution in [2.75, 3.05) is 37.0 Å². The van der Waals surface area contributed by atoms with Crippen LogP contribution in [0.3, 0.4) is 0 Å². The van der Waals surface area contributed by atoms with Crippen LogP contribution in [0.1, 0.15) is 26.7 Å². The van der Waals surface area contributed by atoms with E-state index in [4.69, 9.17) is 4.74 Å². The van der Waals surface area contributed by atoms with Crippen molar-refractivity contribution < 1.29 is 4.74 Å². The number of hydrogen-bond donors (Lipinski definition) is 1. The van der Waals surface area contributed by atoms with Gasteiger partial charge in [0, 0.05) is 38.4 Å². The van der Waals surface area contributed by atoms with E-state index >= 15 is 0 Å². The molecule has 5 rings (SSSR count). The van der Waals surface area contributed by atoms with Gasteiger partial charge in [-0.1, -0.05) is 19.9 Å². The van der Waals surface area contributed by atoms with Gasteiger partial charge in [0.15, 0.2) is 0 Å². The number of anilines is 2. The number of hydrogen-bond acceptors (Lipinski definition) is 6. The van der Waals surface area contributed by atoms with E-state index < -0.39 is 0 Å². The van der Waals surface area contributed by atoms with Crippen molar-refractivity contribution in [2.45, 2.75) is 32.7 Å². The SMILES string of the molecule is COc1cccc(N2C[C@]3(C)CC(N(C)c4ncnc5[nH]ccc45)C[C@]3(C)C2)n1. The Morgan fingerprint density at radius 1 is 1.14 bits per heavy atom. The molecule has 1 saturated carbocycles. The first-order chi connectivity index (χ1) is 13.9. The molecule has 7 nitrogen and oxygen atoms in total. The number of rotatable bonds is 4. The van der Waals surface area contributed by atoms with Crippen molar-refractivity contribution in [3.63, 3.8) is 0 Å². The predicted octanol–water partition coefficient (Wildman–Crippen LogP) is 3.49. The third-order valence-electron chi connectivity index (χ3n) is 7.37. The molecular weight excluding hydrogens is 364 g/mol. The third kappa shape index (κ3) is 2.74. The molecule has 2 aliphatic rings. The van der Waals surface area contributed by atoms with Crippen molar-refractivity contribution in [1.82, 2.24) is 19.9 Å². The fourth-order valence-electron chi connectivity index (χ4n) is 5.46. The number of aromatic amines is 1. The van der Waals surface area contributed by atoms with E-state index in [1.165, 1.54) is 0 Å². The van der Waals surface area contributed by atoms with Gasteiger partial charge in [0.2, 0.25) is 5.88 Å². The largest absolute Gasteiger partial charge is 0.481 e. The molecule has 3 aromatic heterocycles. The highest BCUT2D eigenvalue weighted by Gasteiger charge is 2.58. The smallest absolute Gasteiger partial charge is 0.214 e. The Hall–Kier alpha value is -2.83. The lowest BCUT2D eigenvalue weighted by molar-refractivity contribution is 0.184. The maximum absolute atomic E-state index is 5.33. The molecule has 3 aromatic rings. The second-order valence-electron chi connectivity index (χ2n) is 9.13. The van der Waals surface area contributed by atoms with Crippen molar-refractivity contribution >= 4 is 22.7 Å². The molecule has 0 aromatic carbocycles. The molecule has 3 atom stereocenters. The maximum Gasteiger partial charge on any atom is 0.214 e. The minimum absolute atomic E-state index is 0.223. The van der Waals surface area contributed by atoms with Crippen LogP contribution in [0.4, 0.5) is 11.6 Å². The van der Waals surface area contributed by atoms with Crippen LogP contribution in [-0.4, -0.2) is 53.2 Å². The first kappa shape index (κ1) is 18.2. The monoisotopic (exact) mass is 392 g/mol. The minimum atomic E-state index is 0.223. The zero-order chi connectivity index (χ0) is 20.2. The molecule has 0 spiro atoms. The number of ether oxygens (including phenoxy) is 1. The van der Waals surface area contributed by atoms with Crippen molar-refractivity contribution in [1.29, 1.82) is 0 Å². The lowest BCUT2D eigenvalue weighted by Crippen LogP contribution is -2.34. The molecule has 0 amide bonds. The Kier molecular flexibility index (Phi) is 3.98. The minimum Gasteiger partial charge on any atom is -0.481 e. The summed E-state index contributed by atoms with van der Waals surface area (Å²) in [6.07, 6.45) is 5.86. The van der Waals surface area contributed by atoms with Crippen molar-refractivity contribution in [2.24, 2.45) is 10.8 Å². The van der Waals surface area contributed by atoms with Gasteiger partial charge in [-0.05, 0) is 35.8 Å². The van der Waals surface area contributed by atoms with E-state index in [0.717, 1.165) is 48.6 Å². The summed E-state index contributed by atoms with van der Waals surface area (Å²) in [5.41, 5.74) is 1.34. The Labute approximate surface area is 171 Å². The van der Waals surface area contributed by atoms with Crippen LogP contribution in [0, 0.1) is 10.8 Å². The number of nitrogens with one attached hydrogen (secondary N) is 1. The first-order valence-corrected chi connectivity index (χ1v) is 10.2. The molecular formula is C22H28N6O. The Balaban J connectivity index is 1.39. The van der Waals surface area contributed by atoms with Crippen LogP contribution < -0.4 is 14.5 Å². The molecule has 4 heterocycles. The lowest BCUT2D eigenvalue weighted by atomic mass is 9.71. The molecule has 7 heteroatoms. The Bertz CT molecular complexity index is 1030. The lowest BCUT2D eigenvalue weighted by Gasteiger charge is -2.31. The molecule has 152 valence electrons. The highest BCUT2D eigenvalue weighted by molar-refractivity contribution is 5.87. The molecule has 1 unspecified atom stereocenters. The van der Waals surface area contributed by atoms with E-state index in [1.54, 1.807) is 13.4 Å². The first-order valence-electron chi connectivity index (χ1n) is 10.2. The third-order valence-corrected chi connectivity index (χ3v) is 7.37. The van der Waals surface area contributed by atoms with Gasteiger partial charge in [-0.2, -0.15) is 4.98 Å². The topological polar surface area (TPSA) is 70.2 Å². The van der Waals surface area contributed by atoms with Crippen LogP contribution in [-0.2, 0) is 0 Å². The number of pyridine rings is 1.